The molecule has 5 heteroatoms. The Hall–Kier alpha value is -1.62. The molecule has 1 aliphatic rings. The lowest BCUT2D eigenvalue weighted by Crippen LogP contribution is -2.26. The molecule has 3 rings (SSSR count). The van der Waals surface area contributed by atoms with E-state index in [9.17, 15) is 0 Å². The van der Waals surface area contributed by atoms with Crippen molar-refractivity contribution >= 4 is 0 Å². The summed E-state index contributed by atoms with van der Waals surface area (Å²) in [6.07, 6.45) is 6.32. The molecule has 0 radical (unpaired) electrons. The van der Waals surface area contributed by atoms with Crippen molar-refractivity contribution in [2.45, 2.75) is 19.5 Å². The van der Waals surface area contributed by atoms with E-state index in [0.29, 0.717) is 0 Å². The summed E-state index contributed by atoms with van der Waals surface area (Å²) in [4.78, 5) is 2.42. The molecule has 0 saturated carbocycles. The van der Waals surface area contributed by atoms with Gasteiger partial charge in [-0.2, -0.15) is 0 Å². The van der Waals surface area contributed by atoms with Crippen LogP contribution in [-0.4, -0.2) is 32.8 Å². The lowest BCUT2D eigenvalue weighted by atomic mass is 10.3. The smallest absolute Gasteiger partial charge is 0.134 e. The lowest BCUT2D eigenvalue weighted by molar-refractivity contribution is 0.270. The number of nitrogens with zero attached hydrogens (tertiary/aromatic N) is 4. The molecule has 0 amide bonds. The van der Waals surface area contributed by atoms with E-state index in [1.54, 1.807) is 6.26 Å². The van der Waals surface area contributed by atoms with Gasteiger partial charge in [-0.25, -0.2) is 0 Å². The number of furan rings is 1. The molecular weight excluding hydrogens is 204 g/mol. The Labute approximate surface area is 93.7 Å². The molecule has 0 bridgehead atoms. The van der Waals surface area contributed by atoms with Crippen LogP contribution in [0.1, 0.15) is 11.4 Å². The Morgan fingerprint density at radius 2 is 2.31 bits per heavy atom. The van der Waals surface area contributed by atoms with Gasteiger partial charge in [-0.1, -0.05) is 0 Å². The SMILES string of the molecule is c1cc(CN2CCc3nncn3CC2)co1. The maximum Gasteiger partial charge on any atom is 0.134 e. The van der Waals surface area contributed by atoms with Gasteiger partial charge in [0.25, 0.3) is 0 Å². The second-order valence-corrected chi connectivity index (χ2v) is 4.10. The van der Waals surface area contributed by atoms with Crippen molar-refractivity contribution in [3.8, 4) is 0 Å². The summed E-state index contributed by atoms with van der Waals surface area (Å²) in [7, 11) is 0. The molecule has 0 aliphatic carbocycles. The first kappa shape index (κ1) is 9.59. The Balaban J connectivity index is 1.66. The monoisotopic (exact) mass is 218 g/mol. The minimum Gasteiger partial charge on any atom is -0.472 e. The van der Waals surface area contributed by atoms with Crippen LogP contribution in [0.3, 0.4) is 0 Å². The van der Waals surface area contributed by atoms with Crippen LogP contribution < -0.4 is 0 Å². The second-order valence-electron chi connectivity index (χ2n) is 4.10. The molecule has 16 heavy (non-hydrogen) atoms. The van der Waals surface area contributed by atoms with Crippen LogP contribution in [0, 0.1) is 0 Å². The summed E-state index contributed by atoms with van der Waals surface area (Å²) in [5, 5.41) is 8.04. The fourth-order valence-electron chi connectivity index (χ4n) is 2.08. The zero-order chi connectivity index (χ0) is 10.8. The summed E-state index contributed by atoms with van der Waals surface area (Å²) in [5.41, 5.74) is 1.23. The van der Waals surface area contributed by atoms with E-state index in [2.05, 4.69) is 19.7 Å². The van der Waals surface area contributed by atoms with Gasteiger partial charge in [0.15, 0.2) is 0 Å². The summed E-state index contributed by atoms with van der Waals surface area (Å²) in [5.74, 6) is 1.09. The van der Waals surface area contributed by atoms with Crippen molar-refractivity contribution < 1.29 is 4.42 Å². The second kappa shape index (κ2) is 4.09. The van der Waals surface area contributed by atoms with Gasteiger partial charge >= 0.3 is 0 Å². The quantitative estimate of drug-likeness (QED) is 0.752. The number of rotatable bonds is 2. The molecule has 2 aromatic heterocycles. The molecule has 0 N–H and O–H groups in total. The van der Waals surface area contributed by atoms with Crippen molar-refractivity contribution in [1.82, 2.24) is 19.7 Å². The van der Waals surface area contributed by atoms with E-state index >= 15 is 0 Å². The van der Waals surface area contributed by atoms with Gasteiger partial charge in [-0.05, 0) is 6.07 Å². The van der Waals surface area contributed by atoms with Crippen LogP contribution in [0.25, 0.3) is 0 Å². The van der Waals surface area contributed by atoms with Gasteiger partial charge in [0, 0.05) is 38.2 Å². The van der Waals surface area contributed by atoms with Gasteiger partial charge in [-0.3, -0.25) is 4.90 Å². The van der Waals surface area contributed by atoms with Crippen LogP contribution >= 0.6 is 0 Å². The van der Waals surface area contributed by atoms with Gasteiger partial charge in [0.1, 0.15) is 12.2 Å². The number of aromatic nitrogens is 3. The molecule has 0 aromatic carbocycles. The highest BCUT2D eigenvalue weighted by atomic mass is 16.3. The molecular formula is C11H14N4O. The standard InChI is InChI=1S/C11H14N4O/c1-3-14(7-10-2-6-16-8-10)4-5-15-9-12-13-11(1)15/h2,6,8-9H,1,3-5,7H2. The van der Waals surface area contributed by atoms with Crippen LogP contribution in [0.4, 0.5) is 0 Å². The number of hydrogen-bond acceptors (Lipinski definition) is 4. The van der Waals surface area contributed by atoms with Gasteiger partial charge < -0.3 is 8.98 Å². The first-order chi connectivity index (χ1) is 7.92. The Morgan fingerprint density at radius 1 is 1.31 bits per heavy atom. The number of hydrogen-bond donors (Lipinski definition) is 0. The normalized spacial score (nSPS) is 17.0. The Bertz CT molecular complexity index is 426. The lowest BCUT2D eigenvalue weighted by Gasteiger charge is -2.18. The maximum absolute atomic E-state index is 5.08. The average molecular weight is 218 g/mol. The van der Waals surface area contributed by atoms with Crippen molar-refractivity contribution in [2.75, 3.05) is 13.1 Å². The van der Waals surface area contributed by atoms with E-state index in [-0.39, 0.29) is 0 Å². The van der Waals surface area contributed by atoms with E-state index in [0.717, 1.165) is 38.4 Å². The van der Waals surface area contributed by atoms with Crippen molar-refractivity contribution in [3.05, 3.63) is 36.3 Å². The number of fused-ring (bicyclic) bond motifs is 1. The highest BCUT2D eigenvalue weighted by molar-refractivity contribution is 5.05. The molecule has 84 valence electrons. The highest BCUT2D eigenvalue weighted by Gasteiger charge is 2.14. The van der Waals surface area contributed by atoms with Crippen LogP contribution in [0.5, 0.6) is 0 Å². The zero-order valence-electron chi connectivity index (χ0n) is 9.04. The maximum atomic E-state index is 5.08. The van der Waals surface area contributed by atoms with E-state index in [1.165, 1.54) is 5.56 Å². The van der Waals surface area contributed by atoms with Crippen molar-refractivity contribution in [3.63, 3.8) is 0 Å². The minimum atomic E-state index is 0.953. The zero-order valence-corrected chi connectivity index (χ0v) is 9.04. The molecule has 0 spiro atoms. The fraction of sp³-hybridized carbons (Fsp3) is 0.455. The fourth-order valence-corrected chi connectivity index (χ4v) is 2.08. The van der Waals surface area contributed by atoms with Crippen LogP contribution in [-0.2, 0) is 19.5 Å². The summed E-state index contributed by atoms with van der Waals surface area (Å²) in [6.45, 7) is 4.00. The summed E-state index contributed by atoms with van der Waals surface area (Å²) >= 11 is 0. The summed E-state index contributed by atoms with van der Waals surface area (Å²) in [6, 6.07) is 2.02. The van der Waals surface area contributed by atoms with Gasteiger partial charge in [0.05, 0.1) is 12.5 Å². The third-order valence-electron chi connectivity index (χ3n) is 2.99. The first-order valence-electron chi connectivity index (χ1n) is 5.52. The largest absolute Gasteiger partial charge is 0.472 e. The van der Waals surface area contributed by atoms with E-state index in [1.807, 2.05) is 18.7 Å². The molecule has 1 aliphatic heterocycles. The molecule has 5 nitrogen and oxygen atoms in total. The molecule has 0 saturated heterocycles. The molecule has 3 heterocycles. The first-order valence-corrected chi connectivity index (χ1v) is 5.52. The minimum absolute atomic E-state index is 0.953. The molecule has 0 fully saturated rings. The Kier molecular flexibility index (Phi) is 2.46. The highest BCUT2D eigenvalue weighted by Crippen LogP contribution is 2.10. The Morgan fingerprint density at radius 3 is 3.19 bits per heavy atom. The van der Waals surface area contributed by atoms with Crippen molar-refractivity contribution in [1.29, 1.82) is 0 Å². The predicted octanol–water partition coefficient (Wildman–Crippen LogP) is 0.929. The van der Waals surface area contributed by atoms with E-state index in [4.69, 9.17) is 4.42 Å². The third kappa shape index (κ3) is 1.86. The molecule has 2 aromatic rings. The van der Waals surface area contributed by atoms with Gasteiger partial charge in [0.2, 0.25) is 0 Å². The van der Waals surface area contributed by atoms with Crippen molar-refractivity contribution in [2.24, 2.45) is 0 Å². The van der Waals surface area contributed by atoms with E-state index < -0.39 is 0 Å². The molecule has 0 atom stereocenters. The molecule has 0 unspecified atom stereocenters. The topological polar surface area (TPSA) is 47.1 Å². The third-order valence-corrected chi connectivity index (χ3v) is 2.99. The van der Waals surface area contributed by atoms with Crippen LogP contribution in [0.15, 0.2) is 29.3 Å². The summed E-state index contributed by atoms with van der Waals surface area (Å²) < 4.78 is 7.21. The predicted molar refractivity (Wildman–Crippen MR) is 57.7 cm³/mol. The van der Waals surface area contributed by atoms with Gasteiger partial charge in [-0.15, -0.1) is 10.2 Å². The van der Waals surface area contributed by atoms with Crippen LogP contribution in [0.2, 0.25) is 0 Å². The average Bonchev–Trinajstić information content (AvgIpc) is 2.90.